The summed E-state index contributed by atoms with van der Waals surface area (Å²) in [5.41, 5.74) is 7.43. The van der Waals surface area contributed by atoms with Gasteiger partial charge in [0.25, 0.3) is 0 Å². The van der Waals surface area contributed by atoms with E-state index in [0.29, 0.717) is 11.7 Å². The molecule has 0 aliphatic carbocycles. The number of nitrogens with two attached hydrogens (primary N) is 1. The van der Waals surface area contributed by atoms with Gasteiger partial charge in [-0.1, -0.05) is 25.4 Å². The number of benzene rings is 1. The molecule has 0 spiro atoms. The van der Waals surface area contributed by atoms with E-state index in [4.69, 9.17) is 17.3 Å². The van der Waals surface area contributed by atoms with Crippen LogP contribution in [0.3, 0.4) is 0 Å². The number of hydrogen-bond donors (Lipinski definition) is 1. The topological polar surface area (TPSA) is 29.3 Å². The van der Waals surface area contributed by atoms with Crippen LogP contribution in [-0.2, 0) is 0 Å². The van der Waals surface area contributed by atoms with Crippen molar-refractivity contribution in [1.82, 2.24) is 0 Å². The lowest BCUT2D eigenvalue weighted by molar-refractivity contribution is 0.592. The summed E-state index contributed by atoms with van der Waals surface area (Å²) in [6.45, 7) is 4.38. The zero-order valence-electron chi connectivity index (χ0n) is 9.63. The van der Waals surface area contributed by atoms with E-state index in [1.165, 1.54) is 0 Å². The number of hydrogen-bond acceptors (Lipinski definition) is 2. The van der Waals surface area contributed by atoms with Crippen molar-refractivity contribution in [3.05, 3.63) is 23.2 Å². The van der Waals surface area contributed by atoms with Crippen molar-refractivity contribution in [2.45, 2.75) is 32.7 Å². The highest BCUT2D eigenvalue weighted by Crippen LogP contribution is 2.29. The van der Waals surface area contributed by atoms with Gasteiger partial charge in [0, 0.05) is 18.8 Å². The first kappa shape index (κ1) is 12.2. The Morgan fingerprint density at radius 3 is 2.40 bits per heavy atom. The normalized spacial score (nSPS) is 10.7. The Bertz CT molecular complexity index is 321. The van der Waals surface area contributed by atoms with Crippen LogP contribution in [0, 0.1) is 0 Å². The summed E-state index contributed by atoms with van der Waals surface area (Å²) in [4.78, 5) is 2.22. The second kappa shape index (κ2) is 5.26. The van der Waals surface area contributed by atoms with Gasteiger partial charge >= 0.3 is 0 Å². The van der Waals surface area contributed by atoms with Crippen LogP contribution >= 0.6 is 11.6 Å². The van der Waals surface area contributed by atoms with E-state index in [-0.39, 0.29) is 0 Å². The van der Waals surface area contributed by atoms with Crippen LogP contribution in [0.2, 0.25) is 5.02 Å². The van der Waals surface area contributed by atoms with Crippen LogP contribution in [0.1, 0.15) is 26.7 Å². The van der Waals surface area contributed by atoms with Crippen molar-refractivity contribution < 1.29 is 0 Å². The van der Waals surface area contributed by atoms with Crippen LogP contribution < -0.4 is 10.6 Å². The number of rotatable bonds is 4. The van der Waals surface area contributed by atoms with Gasteiger partial charge in [-0.25, -0.2) is 0 Å². The molecule has 0 aliphatic rings. The molecule has 0 amide bonds. The number of nitrogens with zero attached hydrogens (tertiary/aromatic N) is 1. The molecule has 0 saturated carbocycles. The van der Waals surface area contributed by atoms with E-state index in [0.717, 1.165) is 23.6 Å². The van der Waals surface area contributed by atoms with Crippen LogP contribution in [0.5, 0.6) is 0 Å². The average molecular weight is 227 g/mol. The highest BCUT2D eigenvalue weighted by molar-refractivity contribution is 6.33. The molecule has 15 heavy (non-hydrogen) atoms. The Kier molecular flexibility index (Phi) is 4.28. The SMILES string of the molecule is CCC(CC)N(C)c1ccc(N)cc1Cl. The molecule has 2 nitrogen and oxygen atoms in total. The van der Waals surface area contributed by atoms with E-state index >= 15 is 0 Å². The average Bonchev–Trinajstić information content (AvgIpc) is 2.19. The van der Waals surface area contributed by atoms with Crippen LogP contribution in [-0.4, -0.2) is 13.1 Å². The lowest BCUT2D eigenvalue weighted by Crippen LogP contribution is -2.30. The predicted molar refractivity (Wildman–Crippen MR) is 68.6 cm³/mol. The largest absolute Gasteiger partial charge is 0.399 e. The molecule has 84 valence electrons. The second-order valence-corrected chi connectivity index (χ2v) is 4.20. The van der Waals surface area contributed by atoms with Crippen LogP contribution in [0.15, 0.2) is 18.2 Å². The Morgan fingerprint density at radius 2 is 1.93 bits per heavy atom. The van der Waals surface area contributed by atoms with Crippen molar-refractivity contribution in [1.29, 1.82) is 0 Å². The quantitative estimate of drug-likeness (QED) is 0.796. The highest BCUT2D eigenvalue weighted by Gasteiger charge is 2.13. The third kappa shape index (κ3) is 2.78. The van der Waals surface area contributed by atoms with Crippen LogP contribution in [0.25, 0.3) is 0 Å². The standard InChI is InChI=1S/C12H19ClN2/c1-4-10(5-2)15(3)12-7-6-9(14)8-11(12)13/h6-8,10H,4-5,14H2,1-3H3. The summed E-state index contributed by atoms with van der Waals surface area (Å²) >= 11 is 6.16. The summed E-state index contributed by atoms with van der Waals surface area (Å²) in [6, 6.07) is 6.21. The monoisotopic (exact) mass is 226 g/mol. The number of nitrogen functional groups attached to an aromatic ring is 1. The zero-order chi connectivity index (χ0) is 11.4. The lowest BCUT2D eigenvalue weighted by Gasteiger charge is -2.29. The molecular weight excluding hydrogens is 208 g/mol. The Hall–Kier alpha value is -0.890. The van der Waals surface area contributed by atoms with E-state index < -0.39 is 0 Å². The van der Waals surface area contributed by atoms with Crippen molar-refractivity contribution in [2.24, 2.45) is 0 Å². The summed E-state index contributed by atoms with van der Waals surface area (Å²) in [5.74, 6) is 0. The molecule has 0 aromatic heterocycles. The third-order valence-electron chi connectivity index (χ3n) is 2.84. The summed E-state index contributed by atoms with van der Waals surface area (Å²) in [7, 11) is 2.08. The van der Waals surface area contributed by atoms with Crippen molar-refractivity contribution in [2.75, 3.05) is 17.7 Å². The van der Waals surface area contributed by atoms with E-state index in [2.05, 4.69) is 25.8 Å². The van der Waals surface area contributed by atoms with Gasteiger partial charge in [0.15, 0.2) is 0 Å². The molecule has 0 fully saturated rings. The molecule has 1 rings (SSSR count). The maximum atomic E-state index is 6.16. The van der Waals surface area contributed by atoms with Crippen molar-refractivity contribution >= 4 is 23.0 Å². The Labute approximate surface area is 97.0 Å². The number of halogens is 1. The zero-order valence-corrected chi connectivity index (χ0v) is 10.4. The number of anilines is 2. The first-order chi connectivity index (χ1) is 7.10. The maximum Gasteiger partial charge on any atom is 0.0660 e. The second-order valence-electron chi connectivity index (χ2n) is 3.79. The molecule has 0 bridgehead atoms. The fourth-order valence-corrected chi connectivity index (χ4v) is 2.16. The van der Waals surface area contributed by atoms with Gasteiger partial charge in [-0.2, -0.15) is 0 Å². The van der Waals surface area contributed by atoms with E-state index in [1.54, 1.807) is 6.07 Å². The molecule has 0 heterocycles. The Balaban J connectivity index is 2.94. The summed E-state index contributed by atoms with van der Waals surface area (Å²) in [6.07, 6.45) is 2.24. The van der Waals surface area contributed by atoms with Crippen LogP contribution in [0.4, 0.5) is 11.4 Å². The molecule has 0 saturated heterocycles. The fourth-order valence-electron chi connectivity index (χ4n) is 1.84. The van der Waals surface area contributed by atoms with Gasteiger partial charge in [-0.05, 0) is 31.0 Å². The molecule has 1 aromatic carbocycles. The molecule has 2 N–H and O–H groups in total. The van der Waals surface area contributed by atoms with Gasteiger partial charge in [0.2, 0.25) is 0 Å². The van der Waals surface area contributed by atoms with E-state index in [9.17, 15) is 0 Å². The minimum atomic E-state index is 0.533. The molecular formula is C12H19ClN2. The van der Waals surface area contributed by atoms with Gasteiger partial charge in [0.1, 0.15) is 0 Å². The molecule has 0 atom stereocenters. The predicted octanol–water partition coefficient (Wildman–Crippen LogP) is 3.55. The van der Waals surface area contributed by atoms with Crippen molar-refractivity contribution in [3.8, 4) is 0 Å². The van der Waals surface area contributed by atoms with Gasteiger partial charge < -0.3 is 10.6 Å². The first-order valence-corrected chi connectivity index (χ1v) is 5.75. The molecule has 3 heteroatoms. The smallest absolute Gasteiger partial charge is 0.0660 e. The van der Waals surface area contributed by atoms with E-state index in [1.807, 2.05) is 12.1 Å². The summed E-state index contributed by atoms with van der Waals surface area (Å²) < 4.78 is 0. The van der Waals surface area contributed by atoms with Gasteiger partial charge in [-0.15, -0.1) is 0 Å². The Morgan fingerprint density at radius 1 is 1.33 bits per heavy atom. The fraction of sp³-hybridized carbons (Fsp3) is 0.500. The molecule has 1 aromatic rings. The lowest BCUT2D eigenvalue weighted by atomic mass is 10.1. The van der Waals surface area contributed by atoms with Gasteiger partial charge in [-0.3, -0.25) is 0 Å². The molecule has 0 aliphatic heterocycles. The minimum Gasteiger partial charge on any atom is -0.399 e. The highest BCUT2D eigenvalue weighted by atomic mass is 35.5. The summed E-state index contributed by atoms with van der Waals surface area (Å²) in [5, 5.41) is 0.726. The third-order valence-corrected chi connectivity index (χ3v) is 3.14. The first-order valence-electron chi connectivity index (χ1n) is 5.38. The minimum absolute atomic E-state index is 0.533. The van der Waals surface area contributed by atoms with Crippen molar-refractivity contribution in [3.63, 3.8) is 0 Å². The molecule has 0 unspecified atom stereocenters. The molecule has 0 radical (unpaired) electrons. The van der Waals surface area contributed by atoms with Gasteiger partial charge in [0.05, 0.1) is 10.7 Å². The maximum absolute atomic E-state index is 6.16.